The third-order valence-corrected chi connectivity index (χ3v) is 2.39. The van der Waals surface area contributed by atoms with Crippen molar-refractivity contribution in [2.45, 2.75) is 0 Å². The summed E-state index contributed by atoms with van der Waals surface area (Å²) in [5.41, 5.74) is 3.71. The van der Waals surface area contributed by atoms with Gasteiger partial charge >= 0.3 is 0 Å². The van der Waals surface area contributed by atoms with E-state index in [1.165, 1.54) is 18.3 Å². The molecule has 0 saturated heterocycles. The maximum absolute atomic E-state index is 10.5. The van der Waals surface area contributed by atoms with Gasteiger partial charge in [0.2, 0.25) is 0 Å². The van der Waals surface area contributed by atoms with Crippen molar-refractivity contribution in [1.29, 1.82) is 0 Å². The van der Waals surface area contributed by atoms with E-state index >= 15 is 0 Å². The summed E-state index contributed by atoms with van der Waals surface area (Å²) in [6, 6.07) is 12.7. The third kappa shape index (κ3) is 4.02. The van der Waals surface area contributed by atoms with Crippen LogP contribution in [0, 0.1) is 10.1 Å². The molecule has 100 valence electrons. The molecule has 2 aromatic rings. The molecular weight excluding hydrogens is 256 g/mol. The highest BCUT2D eigenvalue weighted by Gasteiger charge is 2.03. The summed E-state index contributed by atoms with van der Waals surface area (Å²) in [4.78, 5) is 13.8. The Balaban J connectivity index is 1.87. The van der Waals surface area contributed by atoms with Crippen LogP contribution in [-0.4, -0.2) is 16.1 Å². The van der Waals surface area contributed by atoms with Gasteiger partial charge in [-0.15, -0.1) is 0 Å². The smallest absolute Gasteiger partial charge is 0.261 e. The Kier molecular flexibility index (Phi) is 4.55. The Hall–Kier alpha value is -3.02. The van der Waals surface area contributed by atoms with Crippen molar-refractivity contribution >= 4 is 23.8 Å². The van der Waals surface area contributed by atoms with E-state index in [0.717, 1.165) is 5.56 Å². The lowest BCUT2D eigenvalue weighted by Gasteiger charge is -1.96. The number of nitro groups is 1. The van der Waals surface area contributed by atoms with Crippen LogP contribution in [0.2, 0.25) is 0 Å². The maximum atomic E-state index is 10.5. The fraction of sp³-hybridized carbons (Fsp3) is 0. The van der Waals surface area contributed by atoms with Gasteiger partial charge in [-0.3, -0.25) is 15.5 Å². The van der Waals surface area contributed by atoms with E-state index in [1.807, 2.05) is 36.4 Å². The van der Waals surface area contributed by atoms with Crippen LogP contribution in [0.4, 0.5) is 11.5 Å². The molecule has 0 fully saturated rings. The molecule has 0 aliphatic carbocycles. The van der Waals surface area contributed by atoms with Crippen LogP contribution in [0.1, 0.15) is 5.56 Å². The molecule has 0 atom stereocenters. The standard InChI is InChI=1S/C14H12N4O2/c19-18(20)13-8-9-14(15-11-13)17-16-10-4-7-12-5-2-1-3-6-12/h1-11H,(H,15,17). The molecule has 1 aromatic carbocycles. The number of allylic oxidation sites excluding steroid dienone is 1. The largest absolute Gasteiger partial charge is 0.287 e. The molecule has 1 N–H and O–H groups in total. The number of pyridine rings is 1. The normalized spacial score (nSPS) is 11.0. The highest BCUT2D eigenvalue weighted by Crippen LogP contribution is 2.11. The monoisotopic (exact) mass is 268 g/mol. The second-order valence-corrected chi connectivity index (χ2v) is 3.82. The molecular formula is C14H12N4O2. The summed E-state index contributed by atoms with van der Waals surface area (Å²) in [5.74, 6) is 0.444. The molecule has 0 unspecified atom stereocenters. The predicted octanol–water partition coefficient (Wildman–Crippen LogP) is 3.10. The van der Waals surface area contributed by atoms with E-state index < -0.39 is 4.92 Å². The predicted molar refractivity (Wildman–Crippen MR) is 78.5 cm³/mol. The summed E-state index contributed by atoms with van der Waals surface area (Å²) in [6.07, 6.45) is 6.45. The lowest BCUT2D eigenvalue weighted by atomic mass is 10.2. The molecule has 1 heterocycles. The first-order valence-electron chi connectivity index (χ1n) is 5.87. The molecule has 1 aromatic heterocycles. The van der Waals surface area contributed by atoms with Gasteiger partial charge in [0.25, 0.3) is 5.69 Å². The Morgan fingerprint density at radius 2 is 2.00 bits per heavy atom. The van der Waals surface area contributed by atoms with Gasteiger partial charge in [-0.05, 0) is 17.7 Å². The van der Waals surface area contributed by atoms with Crippen molar-refractivity contribution in [2.75, 3.05) is 5.43 Å². The second kappa shape index (κ2) is 6.79. The van der Waals surface area contributed by atoms with Crippen LogP contribution in [0.5, 0.6) is 0 Å². The van der Waals surface area contributed by atoms with E-state index in [1.54, 1.807) is 12.3 Å². The fourth-order valence-electron chi connectivity index (χ4n) is 1.42. The Bertz CT molecular complexity index is 621. The minimum absolute atomic E-state index is 0.0523. The van der Waals surface area contributed by atoms with Crippen LogP contribution in [0.15, 0.2) is 59.8 Å². The second-order valence-electron chi connectivity index (χ2n) is 3.82. The molecule has 0 aliphatic heterocycles. The molecule has 6 heteroatoms. The van der Waals surface area contributed by atoms with Crippen molar-refractivity contribution in [3.05, 3.63) is 70.4 Å². The summed E-state index contributed by atoms with van der Waals surface area (Å²) in [6.45, 7) is 0. The fourth-order valence-corrected chi connectivity index (χ4v) is 1.42. The Morgan fingerprint density at radius 1 is 1.20 bits per heavy atom. The number of nitrogens with zero attached hydrogens (tertiary/aromatic N) is 3. The number of hydrazone groups is 1. The van der Waals surface area contributed by atoms with Crippen molar-refractivity contribution < 1.29 is 4.92 Å². The molecule has 0 bridgehead atoms. The summed E-state index contributed by atoms with van der Waals surface area (Å²) < 4.78 is 0. The molecule has 0 saturated carbocycles. The lowest BCUT2D eigenvalue weighted by molar-refractivity contribution is -0.385. The summed E-state index contributed by atoms with van der Waals surface area (Å²) in [5, 5.41) is 14.4. The first kappa shape index (κ1) is 13.4. The van der Waals surface area contributed by atoms with Gasteiger partial charge in [0.05, 0.1) is 4.92 Å². The number of hydrogen-bond acceptors (Lipinski definition) is 5. The Morgan fingerprint density at radius 3 is 2.65 bits per heavy atom. The van der Waals surface area contributed by atoms with Gasteiger partial charge in [-0.1, -0.05) is 36.4 Å². The maximum Gasteiger partial charge on any atom is 0.287 e. The molecule has 2 rings (SSSR count). The highest BCUT2D eigenvalue weighted by atomic mass is 16.6. The van der Waals surface area contributed by atoms with Crippen molar-refractivity contribution in [1.82, 2.24) is 4.98 Å². The highest BCUT2D eigenvalue weighted by molar-refractivity contribution is 5.78. The van der Waals surface area contributed by atoms with Gasteiger partial charge in [0, 0.05) is 12.3 Å². The molecule has 0 amide bonds. The van der Waals surface area contributed by atoms with E-state index in [-0.39, 0.29) is 5.69 Å². The van der Waals surface area contributed by atoms with Crippen LogP contribution >= 0.6 is 0 Å². The zero-order chi connectivity index (χ0) is 14.2. The topological polar surface area (TPSA) is 80.4 Å². The zero-order valence-electron chi connectivity index (χ0n) is 10.5. The number of benzene rings is 1. The van der Waals surface area contributed by atoms with Crippen molar-refractivity contribution in [2.24, 2.45) is 5.10 Å². The van der Waals surface area contributed by atoms with Crippen LogP contribution < -0.4 is 5.43 Å². The molecule has 6 nitrogen and oxygen atoms in total. The van der Waals surface area contributed by atoms with E-state index in [2.05, 4.69) is 15.5 Å². The van der Waals surface area contributed by atoms with Gasteiger partial charge in [0.1, 0.15) is 12.0 Å². The molecule has 0 spiro atoms. The quantitative estimate of drug-likeness (QED) is 0.513. The first-order valence-corrected chi connectivity index (χ1v) is 5.87. The lowest BCUT2D eigenvalue weighted by Crippen LogP contribution is -1.94. The molecule has 0 aliphatic rings. The molecule has 0 radical (unpaired) electrons. The van der Waals surface area contributed by atoms with E-state index in [4.69, 9.17) is 0 Å². The van der Waals surface area contributed by atoms with Crippen molar-refractivity contribution in [3.8, 4) is 0 Å². The molecule has 20 heavy (non-hydrogen) atoms. The van der Waals surface area contributed by atoms with Crippen LogP contribution in [0.25, 0.3) is 6.08 Å². The third-order valence-electron chi connectivity index (χ3n) is 2.39. The number of nitrogens with one attached hydrogen (secondary N) is 1. The first-order chi connectivity index (χ1) is 9.75. The Labute approximate surface area is 115 Å². The average Bonchev–Trinajstić information content (AvgIpc) is 2.48. The SMILES string of the molecule is O=[N+]([O-])c1ccc(NN=CC=Cc2ccccc2)nc1. The summed E-state index contributed by atoms with van der Waals surface area (Å²) >= 11 is 0. The minimum atomic E-state index is -0.497. The van der Waals surface area contributed by atoms with Crippen LogP contribution in [-0.2, 0) is 0 Å². The van der Waals surface area contributed by atoms with Gasteiger partial charge in [-0.2, -0.15) is 5.10 Å². The van der Waals surface area contributed by atoms with E-state index in [9.17, 15) is 10.1 Å². The number of anilines is 1. The minimum Gasteiger partial charge on any atom is -0.261 e. The van der Waals surface area contributed by atoms with Crippen LogP contribution in [0.3, 0.4) is 0 Å². The van der Waals surface area contributed by atoms with Crippen molar-refractivity contribution in [3.63, 3.8) is 0 Å². The number of hydrogen-bond donors (Lipinski definition) is 1. The van der Waals surface area contributed by atoms with Gasteiger partial charge in [0.15, 0.2) is 0 Å². The van der Waals surface area contributed by atoms with Gasteiger partial charge < -0.3 is 0 Å². The van der Waals surface area contributed by atoms with Gasteiger partial charge in [-0.25, -0.2) is 4.98 Å². The van der Waals surface area contributed by atoms with E-state index in [0.29, 0.717) is 5.82 Å². The number of aromatic nitrogens is 1. The summed E-state index contributed by atoms with van der Waals surface area (Å²) in [7, 11) is 0. The zero-order valence-corrected chi connectivity index (χ0v) is 10.5. The average molecular weight is 268 g/mol. The number of rotatable bonds is 5.